The van der Waals surface area contributed by atoms with Crippen molar-refractivity contribution >= 4 is 11.9 Å². The number of nitrogens with zero attached hydrogens (tertiary/aromatic N) is 3. The standard InChI is InChI=1S/C23H23N3O4/c1-15-5-3-6-19(13-15)22-25-24-21(30-22)16(2)29-23(28)18-10-8-17(9-11-18)14-26-12-4-7-20(26)27/h3,5-6,8-11,13,16H,4,7,12,14H2,1-2H3. The van der Waals surface area contributed by atoms with Crippen LogP contribution in [0.15, 0.2) is 52.9 Å². The maximum atomic E-state index is 12.5. The third-order valence-corrected chi connectivity index (χ3v) is 5.07. The number of aryl methyl sites for hydroxylation is 1. The molecule has 1 saturated heterocycles. The molecule has 0 bridgehead atoms. The fraction of sp³-hybridized carbons (Fsp3) is 0.304. The van der Waals surface area contributed by atoms with Crippen molar-refractivity contribution in [2.24, 2.45) is 0 Å². The minimum absolute atomic E-state index is 0.178. The SMILES string of the molecule is Cc1cccc(-c2nnc(C(C)OC(=O)c3ccc(CN4CCCC4=O)cc3)o2)c1. The molecule has 1 fully saturated rings. The van der Waals surface area contributed by atoms with Crippen molar-refractivity contribution in [1.29, 1.82) is 0 Å². The van der Waals surface area contributed by atoms with Gasteiger partial charge in [-0.1, -0.05) is 29.8 Å². The van der Waals surface area contributed by atoms with E-state index >= 15 is 0 Å². The first-order valence-corrected chi connectivity index (χ1v) is 9.98. The lowest BCUT2D eigenvalue weighted by Gasteiger charge is -2.15. The van der Waals surface area contributed by atoms with Crippen LogP contribution < -0.4 is 0 Å². The first kappa shape index (κ1) is 19.8. The summed E-state index contributed by atoms with van der Waals surface area (Å²) >= 11 is 0. The second kappa shape index (κ2) is 8.49. The Morgan fingerprint density at radius 2 is 2.00 bits per heavy atom. The number of hydrogen-bond acceptors (Lipinski definition) is 6. The molecule has 1 aliphatic rings. The van der Waals surface area contributed by atoms with Crippen molar-refractivity contribution in [1.82, 2.24) is 15.1 Å². The molecule has 1 aromatic heterocycles. The molecule has 2 aromatic carbocycles. The molecule has 7 nitrogen and oxygen atoms in total. The summed E-state index contributed by atoms with van der Waals surface area (Å²) in [7, 11) is 0. The van der Waals surface area contributed by atoms with Crippen LogP contribution in [-0.4, -0.2) is 33.5 Å². The third-order valence-electron chi connectivity index (χ3n) is 5.07. The molecule has 2 heterocycles. The Balaban J connectivity index is 1.38. The molecule has 0 spiro atoms. The number of rotatable bonds is 6. The van der Waals surface area contributed by atoms with Gasteiger partial charge in [-0.25, -0.2) is 4.79 Å². The summed E-state index contributed by atoms with van der Waals surface area (Å²) in [5, 5.41) is 8.07. The van der Waals surface area contributed by atoms with Gasteiger partial charge in [-0.3, -0.25) is 4.79 Å². The molecule has 7 heteroatoms. The van der Waals surface area contributed by atoms with Crippen LogP contribution in [0.2, 0.25) is 0 Å². The van der Waals surface area contributed by atoms with Crippen LogP contribution in [0.3, 0.4) is 0 Å². The van der Waals surface area contributed by atoms with Crippen LogP contribution in [0.1, 0.15) is 53.2 Å². The van der Waals surface area contributed by atoms with Gasteiger partial charge < -0.3 is 14.1 Å². The van der Waals surface area contributed by atoms with Crippen molar-refractivity contribution in [3.8, 4) is 11.5 Å². The van der Waals surface area contributed by atoms with Crippen molar-refractivity contribution in [3.63, 3.8) is 0 Å². The smallest absolute Gasteiger partial charge is 0.338 e. The van der Waals surface area contributed by atoms with Gasteiger partial charge in [-0.15, -0.1) is 10.2 Å². The zero-order valence-electron chi connectivity index (χ0n) is 17.0. The van der Waals surface area contributed by atoms with E-state index < -0.39 is 12.1 Å². The molecule has 0 radical (unpaired) electrons. The normalized spacial score (nSPS) is 14.7. The molecule has 0 aliphatic carbocycles. The number of likely N-dealkylation sites (tertiary alicyclic amines) is 1. The summed E-state index contributed by atoms with van der Waals surface area (Å²) in [6.45, 7) is 5.03. The molecule has 1 amide bonds. The summed E-state index contributed by atoms with van der Waals surface area (Å²) < 4.78 is 11.2. The number of carbonyl (C=O) groups is 2. The predicted molar refractivity (Wildman–Crippen MR) is 109 cm³/mol. The van der Waals surface area contributed by atoms with Crippen LogP contribution in [0.4, 0.5) is 0 Å². The summed E-state index contributed by atoms with van der Waals surface area (Å²) in [6, 6.07) is 14.8. The number of aromatic nitrogens is 2. The fourth-order valence-electron chi connectivity index (χ4n) is 3.41. The summed E-state index contributed by atoms with van der Waals surface area (Å²) in [4.78, 5) is 26.1. The average molecular weight is 405 g/mol. The molecule has 30 heavy (non-hydrogen) atoms. The van der Waals surface area contributed by atoms with Crippen LogP contribution in [0.25, 0.3) is 11.5 Å². The van der Waals surface area contributed by atoms with Gasteiger partial charge in [0.1, 0.15) is 0 Å². The van der Waals surface area contributed by atoms with Crippen LogP contribution in [0.5, 0.6) is 0 Å². The highest BCUT2D eigenvalue weighted by Crippen LogP contribution is 2.24. The van der Waals surface area contributed by atoms with Gasteiger partial charge in [0.05, 0.1) is 5.56 Å². The Bertz CT molecular complexity index is 1060. The minimum Gasteiger partial charge on any atom is -0.449 e. The maximum Gasteiger partial charge on any atom is 0.338 e. The fourth-order valence-corrected chi connectivity index (χ4v) is 3.41. The van der Waals surface area contributed by atoms with E-state index in [1.54, 1.807) is 19.1 Å². The lowest BCUT2D eigenvalue weighted by molar-refractivity contribution is -0.128. The molecule has 1 unspecified atom stereocenters. The lowest BCUT2D eigenvalue weighted by atomic mass is 10.1. The Morgan fingerprint density at radius 3 is 2.70 bits per heavy atom. The zero-order chi connectivity index (χ0) is 21.1. The van der Waals surface area contributed by atoms with E-state index in [1.165, 1.54) is 0 Å². The second-order valence-corrected chi connectivity index (χ2v) is 7.48. The van der Waals surface area contributed by atoms with Crippen molar-refractivity contribution < 1.29 is 18.7 Å². The third kappa shape index (κ3) is 4.40. The van der Waals surface area contributed by atoms with Crippen molar-refractivity contribution in [2.45, 2.75) is 39.3 Å². The van der Waals surface area contributed by atoms with Gasteiger partial charge >= 0.3 is 5.97 Å². The molecule has 1 atom stereocenters. The van der Waals surface area contributed by atoms with Gasteiger partial charge in [0.25, 0.3) is 5.89 Å². The monoisotopic (exact) mass is 405 g/mol. The first-order valence-electron chi connectivity index (χ1n) is 9.98. The largest absolute Gasteiger partial charge is 0.449 e. The van der Waals surface area contributed by atoms with Crippen LogP contribution in [-0.2, 0) is 16.1 Å². The predicted octanol–water partition coefficient (Wildman–Crippen LogP) is 4.09. The molecule has 154 valence electrons. The summed E-state index contributed by atoms with van der Waals surface area (Å²) in [6.07, 6.45) is 0.844. The number of hydrogen-bond donors (Lipinski definition) is 0. The number of amides is 1. The van der Waals surface area contributed by atoms with Gasteiger partial charge in [-0.2, -0.15) is 0 Å². The van der Waals surface area contributed by atoms with Crippen molar-refractivity contribution in [2.75, 3.05) is 6.54 Å². The van der Waals surface area contributed by atoms with Crippen LogP contribution in [0, 0.1) is 6.92 Å². The van der Waals surface area contributed by atoms with E-state index in [2.05, 4.69) is 10.2 Å². The Labute approximate surface area is 174 Å². The van der Waals surface area contributed by atoms with Gasteiger partial charge in [0, 0.05) is 25.1 Å². The molecule has 4 rings (SSSR count). The molecule has 1 aliphatic heterocycles. The highest BCUT2D eigenvalue weighted by Gasteiger charge is 2.22. The number of carbonyl (C=O) groups excluding carboxylic acids is 2. The van der Waals surface area contributed by atoms with E-state index in [0.29, 0.717) is 24.4 Å². The van der Waals surface area contributed by atoms with E-state index in [1.807, 2.05) is 48.2 Å². The first-order chi connectivity index (χ1) is 14.5. The Hall–Kier alpha value is -3.48. The molecular formula is C23H23N3O4. The quantitative estimate of drug-likeness (QED) is 0.574. The van der Waals surface area contributed by atoms with E-state index in [0.717, 1.165) is 29.7 Å². The summed E-state index contributed by atoms with van der Waals surface area (Å²) in [5.74, 6) is 0.333. The molecule has 0 N–H and O–H groups in total. The Morgan fingerprint density at radius 1 is 1.20 bits per heavy atom. The summed E-state index contributed by atoms with van der Waals surface area (Å²) in [5.41, 5.74) is 3.31. The minimum atomic E-state index is -0.676. The van der Waals surface area contributed by atoms with E-state index in [-0.39, 0.29) is 11.8 Å². The average Bonchev–Trinajstić information content (AvgIpc) is 3.38. The van der Waals surface area contributed by atoms with Gasteiger partial charge in [0.2, 0.25) is 11.8 Å². The number of benzene rings is 2. The molecular weight excluding hydrogens is 382 g/mol. The molecule has 0 saturated carbocycles. The highest BCUT2D eigenvalue weighted by atomic mass is 16.6. The number of ether oxygens (including phenoxy) is 1. The number of esters is 1. The highest BCUT2D eigenvalue weighted by molar-refractivity contribution is 5.89. The molecule has 3 aromatic rings. The lowest BCUT2D eigenvalue weighted by Crippen LogP contribution is -2.23. The van der Waals surface area contributed by atoms with Crippen LogP contribution >= 0.6 is 0 Å². The maximum absolute atomic E-state index is 12.5. The second-order valence-electron chi connectivity index (χ2n) is 7.48. The Kier molecular flexibility index (Phi) is 5.61. The topological polar surface area (TPSA) is 85.5 Å². The van der Waals surface area contributed by atoms with Gasteiger partial charge in [0.15, 0.2) is 6.10 Å². The van der Waals surface area contributed by atoms with Gasteiger partial charge in [-0.05, 0) is 50.1 Å². The zero-order valence-corrected chi connectivity index (χ0v) is 17.0. The van der Waals surface area contributed by atoms with E-state index in [9.17, 15) is 9.59 Å². The van der Waals surface area contributed by atoms with E-state index in [4.69, 9.17) is 9.15 Å². The van der Waals surface area contributed by atoms with Crippen molar-refractivity contribution in [3.05, 3.63) is 71.1 Å².